The SMILES string of the molecule is COc1ccc(CNC(=O)Cn2cc(S(=O)(=O)Cc3ccccc3C)c3ccccc32)cc1. The van der Waals surface area contributed by atoms with E-state index >= 15 is 0 Å². The average Bonchev–Trinajstić information content (AvgIpc) is 3.19. The Morgan fingerprint density at radius 2 is 1.67 bits per heavy atom. The number of fused-ring (bicyclic) bond motifs is 1. The molecule has 1 N–H and O–H groups in total. The van der Waals surface area contributed by atoms with Gasteiger partial charge in [0.25, 0.3) is 0 Å². The Morgan fingerprint density at radius 1 is 0.970 bits per heavy atom. The highest BCUT2D eigenvalue weighted by atomic mass is 32.2. The van der Waals surface area contributed by atoms with Gasteiger partial charge in [0, 0.05) is 23.6 Å². The number of hydrogen-bond donors (Lipinski definition) is 1. The highest BCUT2D eigenvalue weighted by Gasteiger charge is 2.23. The fraction of sp³-hybridized carbons (Fsp3) is 0.192. The molecule has 4 rings (SSSR count). The van der Waals surface area contributed by atoms with Crippen LogP contribution in [0.2, 0.25) is 0 Å². The molecule has 0 saturated carbocycles. The van der Waals surface area contributed by atoms with E-state index in [0.29, 0.717) is 17.4 Å². The smallest absolute Gasteiger partial charge is 0.240 e. The van der Waals surface area contributed by atoms with E-state index in [4.69, 9.17) is 4.74 Å². The van der Waals surface area contributed by atoms with Crippen molar-refractivity contribution in [1.29, 1.82) is 0 Å². The zero-order chi connectivity index (χ0) is 23.4. The number of benzene rings is 3. The molecule has 0 radical (unpaired) electrons. The van der Waals surface area contributed by atoms with Crippen LogP contribution in [0.5, 0.6) is 5.75 Å². The molecule has 1 heterocycles. The van der Waals surface area contributed by atoms with E-state index in [1.54, 1.807) is 23.9 Å². The molecule has 0 unspecified atom stereocenters. The van der Waals surface area contributed by atoms with E-state index in [2.05, 4.69) is 5.32 Å². The van der Waals surface area contributed by atoms with Crippen LogP contribution in [0.4, 0.5) is 0 Å². The van der Waals surface area contributed by atoms with Gasteiger partial charge in [0.2, 0.25) is 5.91 Å². The number of hydrogen-bond acceptors (Lipinski definition) is 4. The molecular formula is C26H26N2O4S. The summed E-state index contributed by atoms with van der Waals surface area (Å²) in [5.74, 6) is 0.468. The van der Waals surface area contributed by atoms with Crippen LogP contribution in [0, 0.1) is 6.92 Å². The van der Waals surface area contributed by atoms with Crippen molar-refractivity contribution in [3.63, 3.8) is 0 Å². The number of methoxy groups -OCH3 is 1. The first-order valence-corrected chi connectivity index (χ1v) is 12.3. The molecule has 4 aromatic rings. The number of carbonyl (C=O) groups excluding carboxylic acids is 1. The minimum Gasteiger partial charge on any atom is -0.497 e. The van der Waals surface area contributed by atoms with Gasteiger partial charge in [-0.2, -0.15) is 0 Å². The zero-order valence-electron chi connectivity index (χ0n) is 18.6. The van der Waals surface area contributed by atoms with Crippen molar-refractivity contribution >= 4 is 26.6 Å². The maximum absolute atomic E-state index is 13.3. The molecule has 1 aromatic heterocycles. The standard InChI is InChI=1S/C26H26N2O4S/c1-19-7-3-4-8-21(19)18-33(30,31)25-16-28(24-10-6-5-9-23(24)25)17-26(29)27-15-20-11-13-22(32-2)14-12-20/h3-14,16H,15,17-18H2,1-2H3,(H,27,29). The van der Waals surface area contributed by atoms with Crippen LogP contribution in [0.3, 0.4) is 0 Å². The van der Waals surface area contributed by atoms with Crippen LogP contribution in [0.1, 0.15) is 16.7 Å². The molecule has 0 aliphatic rings. The number of rotatable bonds is 8. The van der Waals surface area contributed by atoms with Gasteiger partial charge < -0.3 is 14.6 Å². The van der Waals surface area contributed by atoms with Gasteiger partial charge in [0.1, 0.15) is 12.3 Å². The first-order valence-electron chi connectivity index (χ1n) is 10.6. The summed E-state index contributed by atoms with van der Waals surface area (Å²) < 4.78 is 33.5. The van der Waals surface area contributed by atoms with Crippen LogP contribution < -0.4 is 10.1 Å². The van der Waals surface area contributed by atoms with E-state index in [1.165, 1.54) is 0 Å². The molecule has 0 atom stereocenters. The number of para-hydroxylation sites is 1. The molecule has 170 valence electrons. The number of amides is 1. The second-order valence-corrected chi connectivity index (χ2v) is 9.91. The van der Waals surface area contributed by atoms with Gasteiger partial charge in [-0.3, -0.25) is 4.79 Å². The molecule has 0 aliphatic heterocycles. The van der Waals surface area contributed by atoms with Crippen molar-refractivity contribution in [3.05, 3.63) is 95.7 Å². The lowest BCUT2D eigenvalue weighted by molar-refractivity contribution is -0.121. The Hall–Kier alpha value is -3.58. The predicted octanol–water partition coefficient (Wildman–Crippen LogP) is 4.25. The van der Waals surface area contributed by atoms with Crippen molar-refractivity contribution < 1.29 is 17.9 Å². The normalized spacial score (nSPS) is 11.5. The van der Waals surface area contributed by atoms with Gasteiger partial charge in [-0.05, 0) is 41.8 Å². The molecule has 6 nitrogen and oxygen atoms in total. The Balaban J connectivity index is 1.55. The molecule has 0 bridgehead atoms. The maximum Gasteiger partial charge on any atom is 0.240 e. The lowest BCUT2D eigenvalue weighted by Crippen LogP contribution is -2.26. The molecule has 0 saturated heterocycles. The van der Waals surface area contributed by atoms with Gasteiger partial charge >= 0.3 is 0 Å². The van der Waals surface area contributed by atoms with E-state index in [-0.39, 0.29) is 23.1 Å². The summed E-state index contributed by atoms with van der Waals surface area (Å²) in [7, 11) is -2.00. The van der Waals surface area contributed by atoms with Crippen molar-refractivity contribution in [2.45, 2.75) is 30.7 Å². The second kappa shape index (κ2) is 9.50. The third kappa shape index (κ3) is 5.09. The molecule has 0 spiro atoms. The first-order chi connectivity index (χ1) is 15.9. The predicted molar refractivity (Wildman–Crippen MR) is 129 cm³/mol. The summed E-state index contributed by atoms with van der Waals surface area (Å²) in [5, 5.41) is 3.51. The number of nitrogens with zero attached hydrogens (tertiary/aromatic N) is 1. The molecule has 7 heteroatoms. The Bertz CT molecular complexity index is 1390. The quantitative estimate of drug-likeness (QED) is 0.425. The van der Waals surface area contributed by atoms with Gasteiger partial charge in [0.05, 0.1) is 17.8 Å². The summed E-state index contributed by atoms with van der Waals surface area (Å²) in [6, 6.07) is 22.2. The fourth-order valence-corrected chi connectivity index (χ4v) is 5.49. The van der Waals surface area contributed by atoms with E-state index < -0.39 is 9.84 Å². The number of sulfone groups is 1. The van der Waals surface area contributed by atoms with E-state index in [0.717, 1.165) is 22.4 Å². The minimum atomic E-state index is -3.60. The number of nitrogens with one attached hydrogen (secondary N) is 1. The Kier molecular flexibility index (Phi) is 6.51. The van der Waals surface area contributed by atoms with Gasteiger partial charge in [0.15, 0.2) is 9.84 Å². The number of aryl methyl sites for hydroxylation is 1. The zero-order valence-corrected chi connectivity index (χ0v) is 19.4. The van der Waals surface area contributed by atoms with Crippen molar-refractivity contribution in [1.82, 2.24) is 9.88 Å². The number of carbonyl (C=O) groups is 1. The van der Waals surface area contributed by atoms with Gasteiger partial charge in [-0.15, -0.1) is 0 Å². The number of ether oxygens (including phenoxy) is 1. The van der Waals surface area contributed by atoms with Crippen molar-refractivity contribution in [2.24, 2.45) is 0 Å². The van der Waals surface area contributed by atoms with Crippen molar-refractivity contribution in [3.8, 4) is 5.75 Å². The third-order valence-electron chi connectivity index (χ3n) is 5.66. The van der Waals surface area contributed by atoms with Crippen LogP contribution >= 0.6 is 0 Å². The van der Waals surface area contributed by atoms with Gasteiger partial charge in [-0.1, -0.05) is 54.6 Å². The summed E-state index contributed by atoms with van der Waals surface area (Å²) >= 11 is 0. The lowest BCUT2D eigenvalue weighted by Gasteiger charge is -2.08. The summed E-state index contributed by atoms with van der Waals surface area (Å²) in [5.41, 5.74) is 3.36. The molecule has 0 aliphatic carbocycles. The van der Waals surface area contributed by atoms with Crippen molar-refractivity contribution in [2.75, 3.05) is 7.11 Å². The molecule has 3 aromatic carbocycles. The molecule has 1 amide bonds. The van der Waals surface area contributed by atoms with Crippen LogP contribution in [-0.2, 0) is 33.5 Å². The highest BCUT2D eigenvalue weighted by molar-refractivity contribution is 7.90. The second-order valence-electron chi connectivity index (χ2n) is 7.95. The number of aromatic nitrogens is 1. The van der Waals surface area contributed by atoms with Crippen LogP contribution in [-0.4, -0.2) is 26.0 Å². The minimum absolute atomic E-state index is 0.0244. The molecule has 0 fully saturated rings. The maximum atomic E-state index is 13.3. The van der Waals surface area contributed by atoms with E-state index in [1.807, 2.05) is 73.7 Å². The van der Waals surface area contributed by atoms with E-state index in [9.17, 15) is 13.2 Å². The lowest BCUT2D eigenvalue weighted by atomic mass is 10.1. The Labute approximate surface area is 193 Å². The highest BCUT2D eigenvalue weighted by Crippen LogP contribution is 2.28. The monoisotopic (exact) mass is 462 g/mol. The molecular weight excluding hydrogens is 436 g/mol. The summed E-state index contributed by atoms with van der Waals surface area (Å²) in [6.45, 7) is 2.30. The Morgan fingerprint density at radius 3 is 2.39 bits per heavy atom. The van der Waals surface area contributed by atoms with Crippen LogP contribution in [0.15, 0.2) is 83.9 Å². The topological polar surface area (TPSA) is 77.4 Å². The fourth-order valence-electron chi connectivity index (χ4n) is 3.80. The third-order valence-corrected chi connectivity index (χ3v) is 7.34. The average molecular weight is 463 g/mol. The first kappa shape index (κ1) is 22.6. The van der Waals surface area contributed by atoms with Gasteiger partial charge in [-0.25, -0.2) is 8.42 Å². The summed E-state index contributed by atoms with van der Waals surface area (Å²) in [6.07, 6.45) is 1.57. The summed E-state index contributed by atoms with van der Waals surface area (Å²) in [4.78, 5) is 12.9. The molecule has 33 heavy (non-hydrogen) atoms. The van der Waals surface area contributed by atoms with Crippen LogP contribution in [0.25, 0.3) is 10.9 Å². The largest absolute Gasteiger partial charge is 0.497 e.